The lowest BCUT2D eigenvalue weighted by Gasteiger charge is -2.10. The van der Waals surface area contributed by atoms with Crippen LogP contribution in [0.3, 0.4) is 0 Å². The molecule has 2 aromatic heterocycles. The van der Waals surface area contributed by atoms with Gasteiger partial charge in [-0.25, -0.2) is 4.79 Å². The zero-order valence-corrected chi connectivity index (χ0v) is 13.8. The number of Topliss-reactive ketones (excluding diaryl/α,β-unsaturated/α-hetero) is 1. The second-order valence-electron chi connectivity index (χ2n) is 4.84. The highest BCUT2D eigenvalue weighted by atomic mass is 79.9. The average Bonchev–Trinajstić information content (AvgIpc) is 2.65. The van der Waals surface area contributed by atoms with Crippen LogP contribution in [0.5, 0.6) is 0 Å². The zero-order valence-electron chi connectivity index (χ0n) is 12.2. The van der Waals surface area contributed by atoms with E-state index < -0.39 is 11.2 Å². The van der Waals surface area contributed by atoms with E-state index in [1.54, 1.807) is 11.7 Å². The van der Waals surface area contributed by atoms with Gasteiger partial charge in [-0.05, 0) is 29.8 Å². The van der Waals surface area contributed by atoms with Crippen LogP contribution in [0.25, 0.3) is 0 Å². The molecule has 8 heteroatoms. The van der Waals surface area contributed by atoms with Gasteiger partial charge in [-0.1, -0.05) is 0 Å². The molecule has 2 rings (SSSR count). The number of ketones is 1. The van der Waals surface area contributed by atoms with Crippen molar-refractivity contribution in [1.82, 2.24) is 18.9 Å². The summed E-state index contributed by atoms with van der Waals surface area (Å²) in [6.45, 7) is 3.36. The Bertz CT molecular complexity index is 844. The van der Waals surface area contributed by atoms with Crippen LogP contribution >= 0.6 is 15.9 Å². The molecule has 0 fully saturated rings. The summed E-state index contributed by atoms with van der Waals surface area (Å²) in [6, 6.07) is 0. The van der Waals surface area contributed by atoms with E-state index in [0.717, 1.165) is 20.4 Å². The largest absolute Gasteiger partial charge is 0.331 e. The van der Waals surface area contributed by atoms with Gasteiger partial charge in [0.1, 0.15) is 0 Å². The first kappa shape index (κ1) is 15.4. The monoisotopic (exact) mass is 354 g/mol. The summed E-state index contributed by atoms with van der Waals surface area (Å²) in [5.41, 5.74) is 0.520. The molecule has 0 bridgehead atoms. The molecule has 7 nitrogen and oxygen atoms in total. The molecule has 0 aliphatic rings. The predicted octanol–water partition coefficient (Wildman–Crippen LogP) is 0.602. The summed E-state index contributed by atoms with van der Waals surface area (Å²) >= 11 is 3.43. The van der Waals surface area contributed by atoms with E-state index in [0.29, 0.717) is 0 Å². The Morgan fingerprint density at radius 2 is 1.95 bits per heavy atom. The van der Waals surface area contributed by atoms with Gasteiger partial charge in [0.2, 0.25) is 0 Å². The molecule has 0 radical (unpaired) electrons. The van der Waals surface area contributed by atoms with Crippen molar-refractivity contribution in [3.8, 4) is 0 Å². The van der Waals surface area contributed by atoms with Crippen molar-refractivity contribution >= 4 is 21.7 Å². The molecule has 0 unspecified atom stereocenters. The van der Waals surface area contributed by atoms with Gasteiger partial charge in [-0.2, -0.15) is 5.10 Å². The smallest absolute Gasteiger partial charge is 0.294 e. The van der Waals surface area contributed by atoms with Crippen LogP contribution in [0, 0.1) is 6.92 Å². The van der Waals surface area contributed by atoms with Gasteiger partial charge in [-0.15, -0.1) is 0 Å². The van der Waals surface area contributed by atoms with Gasteiger partial charge in [0.25, 0.3) is 5.56 Å². The maximum atomic E-state index is 12.2. The van der Waals surface area contributed by atoms with E-state index in [1.165, 1.54) is 24.7 Å². The fourth-order valence-corrected chi connectivity index (χ4v) is 2.56. The molecule has 0 amide bonds. The molecular weight excluding hydrogens is 340 g/mol. The highest BCUT2D eigenvalue weighted by Gasteiger charge is 2.16. The number of carbonyl (C=O) groups excluding carboxylic acids is 1. The minimum atomic E-state index is -0.580. The van der Waals surface area contributed by atoms with Gasteiger partial charge in [0, 0.05) is 20.3 Å². The van der Waals surface area contributed by atoms with Gasteiger partial charge >= 0.3 is 5.69 Å². The number of halogens is 1. The Kier molecular flexibility index (Phi) is 3.99. The van der Waals surface area contributed by atoms with Gasteiger partial charge in [0.05, 0.1) is 28.0 Å². The molecule has 0 atom stereocenters. The minimum absolute atomic E-state index is 0.00730. The summed E-state index contributed by atoms with van der Waals surface area (Å²) in [4.78, 5) is 35.6. The summed E-state index contributed by atoms with van der Waals surface area (Å²) in [5, 5.41) is 4.25. The lowest BCUT2D eigenvalue weighted by molar-refractivity contribution is 0.101. The molecule has 0 spiro atoms. The van der Waals surface area contributed by atoms with E-state index in [2.05, 4.69) is 21.0 Å². The molecular formula is C13H15BrN4O3. The third kappa shape index (κ3) is 2.63. The molecule has 21 heavy (non-hydrogen) atoms. The number of carbonyl (C=O) groups is 1. The van der Waals surface area contributed by atoms with Crippen LogP contribution in [-0.2, 0) is 20.6 Å². The van der Waals surface area contributed by atoms with Crippen LogP contribution in [-0.4, -0.2) is 24.7 Å². The third-order valence-electron chi connectivity index (χ3n) is 3.31. The van der Waals surface area contributed by atoms with Crippen LogP contribution < -0.4 is 11.2 Å². The molecule has 0 N–H and O–H groups in total. The SMILES string of the molecule is CC(=O)c1cn(Cc2c(Br)c(C)nn2C)c(=O)n(C)c1=O. The second-order valence-corrected chi connectivity index (χ2v) is 5.64. The van der Waals surface area contributed by atoms with Crippen molar-refractivity contribution in [3.05, 3.63) is 48.5 Å². The quantitative estimate of drug-likeness (QED) is 0.756. The minimum Gasteiger partial charge on any atom is -0.294 e. The predicted molar refractivity (Wildman–Crippen MR) is 80.7 cm³/mol. The summed E-state index contributed by atoms with van der Waals surface area (Å²) in [7, 11) is 3.13. The lowest BCUT2D eigenvalue weighted by Crippen LogP contribution is -2.40. The molecule has 0 saturated carbocycles. The Hall–Kier alpha value is -1.96. The van der Waals surface area contributed by atoms with Gasteiger partial charge in [-0.3, -0.25) is 23.4 Å². The topological polar surface area (TPSA) is 78.9 Å². The van der Waals surface area contributed by atoms with E-state index in [9.17, 15) is 14.4 Å². The Balaban J connectivity index is 2.63. The van der Waals surface area contributed by atoms with Crippen molar-refractivity contribution < 1.29 is 4.79 Å². The second kappa shape index (κ2) is 5.44. The first-order valence-electron chi connectivity index (χ1n) is 6.23. The van der Waals surface area contributed by atoms with E-state index in [1.807, 2.05) is 6.92 Å². The maximum Gasteiger partial charge on any atom is 0.331 e. The standard InChI is InChI=1S/C13H15BrN4O3/c1-7-11(14)10(17(4)15-7)6-18-5-9(8(2)19)12(20)16(3)13(18)21/h5H,6H2,1-4H3. The first-order chi connectivity index (χ1) is 9.73. The Labute approximate surface area is 128 Å². The zero-order chi connectivity index (χ0) is 15.9. The van der Waals surface area contributed by atoms with Crippen molar-refractivity contribution in [2.75, 3.05) is 0 Å². The maximum absolute atomic E-state index is 12.2. The molecule has 2 aromatic rings. The Morgan fingerprint density at radius 3 is 2.43 bits per heavy atom. The number of aryl methyl sites for hydroxylation is 2. The first-order valence-corrected chi connectivity index (χ1v) is 7.02. The van der Waals surface area contributed by atoms with Crippen LogP contribution in [0.2, 0.25) is 0 Å². The van der Waals surface area contributed by atoms with E-state index in [4.69, 9.17) is 0 Å². The number of hydrogen-bond donors (Lipinski definition) is 0. The van der Waals surface area contributed by atoms with Crippen molar-refractivity contribution in [1.29, 1.82) is 0 Å². The number of nitrogens with zero attached hydrogens (tertiary/aromatic N) is 4. The number of aromatic nitrogens is 4. The van der Waals surface area contributed by atoms with Gasteiger partial charge < -0.3 is 0 Å². The number of hydrogen-bond acceptors (Lipinski definition) is 4. The average molecular weight is 355 g/mol. The lowest BCUT2D eigenvalue weighted by atomic mass is 10.2. The molecule has 0 saturated heterocycles. The highest BCUT2D eigenvalue weighted by Crippen LogP contribution is 2.20. The van der Waals surface area contributed by atoms with Crippen LogP contribution in [0.15, 0.2) is 20.3 Å². The summed E-state index contributed by atoms with van der Waals surface area (Å²) < 4.78 is 4.73. The molecule has 112 valence electrons. The van der Waals surface area contributed by atoms with Gasteiger partial charge in [0.15, 0.2) is 5.78 Å². The summed E-state index contributed by atoms with van der Waals surface area (Å²) in [5.74, 6) is -0.371. The fourth-order valence-electron chi connectivity index (χ4n) is 2.09. The molecule has 2 heterocycles. The molecule has 0 aliphatic carbocycles. The van der Waals surface area contributed by atoms with E-state index in [-0.39, 0.29) is 17.9 Å². The van der Waals surface area contributed by atoms with Crippen LogP contribution in [0.4, 0.5) is 0 Å². The fraction of sp³-hybridized carbons (Fsp3) is 0.385. The van der Waals surface area contributed by atoms with E-state index >= 15 is 0 Å². The van der Waals surface area contributed by atoms with Crippen LogP contribution in [0.1, 0.15) is 28.7 Å². The third-order valence-corrected chi connectivity index (χ3v) is 4.35. The Morgan fingerprint density at radius 1 is 1.33 bits per heavy atom. The highest BCUT2D eigenvalue weighted by molar-refractivity contribution is 9.10. The van der Waals surface area contributed by atoms with Crippen molar-refractivity contribution in [2.45, 2.75) is 20.4 Å². The molecule has 0 aromatic carbocycles. The van der Waals surface area contributed by atoms with Crippen molar-refractivity contribution in [2.24, 2.45) is 14.1 Å². The summed E-state index contributed by atoms with van der Waals surface area (Å²) in [6.07, 6.45) is 1.31. The number of rotatable bonds is 3. The van der Waals surface area contributed by atoms with Crippen molar-refractivity contribution in [3.63, 3.8) is 0 Å². The molecule has 0 aliphatic heterocycles. The normalized spacial score (nSPS) is 10.9.